The van der Waals surface area contributed by atoms with Crippen LogP contribution in [0.25, 0.3) is 0 Å². The van der Waals surface area contributed by atoms with E-state index in [9.17, 15) is 9.59 Å². The minimum Gasteiger partial charge on any atom is -0.446 e. The van der Waals surface area contributed by atoms with Crippen molar-refractivity contribution >= 4 is 11.8 Å². The molecule has 0 amide bonds. The van der Waals surface area contributed by atoms with Gasteiger partial charge >= 0.3 is 5.97 Å². The van der Waals surface area contributed by atoms with E-state index in [4.69, 9.17) is 4.74 Å². The zero-order valence-electron chi connectivity index (χ0n) is 15.5. The molecular formula is C23H24O3. The average molecular weight is 348 g/mol. The van der Waals surface area contributed by atoms with Gasteiger partial charge in [-0.15, -0.1) is 0 Å². The summed E-state index contributed by atoms with van der Waals surface area (Å²) < 4.78 is 5.56. The average Bonchev–Trinajstić information content (AvgIpc) is 2.64. The fourth-order valence-corrected chi connectivity index (χ4v) is 2.21. The molecule has 1 unspecified atom stereocenters. The molecule has 0 aliphatic carbocycles. The maximum Gasteiger partial charge on any atom is 0.339 e. The van der Waals surface area contributed by atoms with Crippen molar-refractivity contribution < 1.29 is 14.3 Å². The molecule has 0 fully saturated rings. The smallest absolute Gasteiger partial charge is 0.339 e. The third-order valence-corrected chi connectivity index (χ3v) is 3.82. The van der Waals surface area contributed by atoms with Crippen LogP contribution in [-0.2, 0) is 16.0 Å². The fourth-order valence-electron chi connectivity index (χ4n) is 2.21. The zero-order valence-corrected chi connectivity index (χ0v) is 15.5. The van der Waals surface area contributed by atoms with Gasteiger partial charge < -0.3 is 4.74 Å². The molecule has 2 aromatic rings. The number of aryl methyl sites for hydroxylation is 1. The molecule has 2 aromatic carbocycles. The van der Waals surface area contributed by atoms with Crippen molar-refractivity contribution in [2.24, 2.45) is 5.41 Å². The Morgan fingerprint density at radius 1 is 0.962 bits per heavy atom. The van der Waals surface area contributed by atoms with Crippen LogP contribution in [0.15, 0.2) is 60.7 Å². The molecule has 0 aliphatic heterocycles. The summed E-state index contributed by atoms with van der Waals surface area (Å²) in [5.74, 6) is 4.91. The summed E-state index contributed by atoms with van der Waals surface area (Å²) in [6, 6.07) is 18.7. The standard InChI is InChI=1S/C23H24O3/c1-23(2,3)21(24)17-16-20(15-14-18-10-6-4-7-11-18)26-22(25)19-12-8-5-9-13-19/h4-13,20H,14-15H2,1-3H3. The molecule has 0 bridgehead atoms. The lowest BCUT2D eigenvalue weighted by Gasteiger charge is -2.14. The Balaban J connectivity index is 2.11. The van der Waals surface area contributed by atoms with E-state index in [-0.39, 0.29) is 5.78 Å². The van der Waals surface area contributed by atoms with Crippen molar-refractivity contribution in [1.29, 1.82) is 0 Å². The molecule has 0 saturated heterocycles. The number of ether oxygens (including phenoxy) is 1. The van der Waals surface area contributed by atoms with E-state index >= 15 is 0 Å². The van der Waals surface area contributed by atoms with Crippen molar-refractivity contribution in [2.45, 2.75) is 39.7 Å². The van der Waals surface area contributed by atoms with Gasteiger partial charge in [0.05, 0.1) is 5.56 Å². The van der Waals surface area contributed by atoms with Gasteiger partial charge in [0, 0.05) is 5.41 Å². The second kappa shape index (κ2) is 9.01. The lowest BCUT2D eigenvalue weighted by Crippen LogP contribution is -2.21. The Bertz CT molecular complexity index is 790. The first-order chi connectivity index (χ1) is 12.4. The van der Waals surface area contributed by atoms with Crippen LogP contribution in [0, 0.1) is 17.3 Å². The van der Waals surface area contributed by atoms with Crippen molar-refractivity contribution in [2.75, 3.05) is 0 Å². The van der Waals surface area contributed by atoms with E-state index in [1.807, 2.05) is 57.2 Å². The number of carbonyl (C=O) groups excluding carboxylic acids is 2. The van der Waals surface area contributed by atoms with Crippen LogP contribution in [0.3, 0.4) is 0 Å². The summed E-state index contributed by atoms with van der Waals surface area (Å²) in [5.41, 5.74) is 1.07. The number of rotatable bonds is 5. The number of esters is 1. The number of benzene rings is 2. The third kappa shape index (κ3) is 6.22. The van der Waals surface area contributed by atoms with Gasteiger partial charge in [0.25, 0.3) is 0 Å². The Labute approximate surface area is 155 Å². The van der Waals surface area contributed by atoms with Gasteiger partial charge in [0.2, 0.25) is 5.78 Å². The van der Waals surface area contributed by atoms with E-state index in [0.29, 0.717) is 18.4 Å². The van der Waals surface area contributed by atoms with Crippen molar-refractivity contribution in [3.63, 3.8) is 0 Å². The van der Waals surface area contributed by atoms with Gasteiger partial charge in [0.15, 0.2) is 6.10 Å². The second-order valence-corrected chi connectivity index (χ2v) is 7.13. The van der Waals surface area contributed by atoms with Gasteiger partial charge in [-0.1, -0.05) is 75.2 Å². The summed E-state index contributed by atoms with van der Waals surface area (Å²) >= 11 is 0. The van der Waals surface area contributed by atoms with Crippen LogP contribution in [-0.4, -0.2) is 17.9 Å². The number of hydrogen-bond donors (Lipinski definition) is 0. The first-order valence-electron chi connectivity index (χ1n) is 8.72. The predicted molar refractivity (Wildman–Crippen MR) is 103 cm³/mol. The van der Waals surface area contributed by atoms with Gasteiger partial charge in [-0.2, -0.15) is 0 Å². The van der Waals surface area contributed by atoms with Crippen LogP contribution < -0.4 is 0 Å². The minimum absolute atomic E-state index is 0.169. The highest BCUT2D eigenvalue weighted by Crippen LogP contribution is 2.14. The first-order valence-corrected chi connectivity index (χ1v) is 8.72. The van der Waals surface area contributed by atoms with Crippen molar-refractivity contribution in [3.05, 3.63) is 71.8 Å². The lowest BCUT2D eigenvalue weighted by atomic mass is 9.91. The van der Waals surface area contributed by atoms with Crippen LogP contribution in [0.2, 0.25) is 0 Å². The summed E-state index contributed by atoms with van der Waals surface area (Å²) in [5, 5.41) is 0. The molecule has 0 heterocycles. The topological polar surface area (TPSA) is 43.4 Å². The molecule has 2 rings (SSSR count). The predicted octanol–water partition coefficient (Wildman–Crippen LogP) is 4.46. The second-order valence-electron chi connectivity index (χ2n) is 7.13. The third-order valence-electron chi connectivity index (χ3n) is 3.82. The van der Waals surface area contributed by atoms with Crippen molar-refractivity contribution in [3.8, 4) is 11.8 Å². The Kier molecular flexibility index (Phi) is 6.74. The molecular weight excluding hydrogens is 324 g/mol. The molecule has 3 heteroatoms. The molecule has 0 aliphatic rings. The van der Waals surface area contributed by atoms with E-state index in [2.05, 4.69) is 11.8 Å². The number of hydrogen-bond acceptors (Lipinski definition) is 3. The highest BCUT2D eigenvalue weighted by Gasteiger charge is 2.20. The Morgan fingerprint density at radius 2 is 1.54 bits per heavy atom. The molecule has 0 aromatic heterocycles. The molecule has 1 atom stereocenters. The maximum absolute atomic E-state index is 12.3. The lowest BCUT2D eigenvalue weighted by molar-refractivity contribution is -0.120. The van der Waals surface area contributed by atoms with Crippen molar-refractivity contribution in [1.82, 2.24) is 0 Å². The van der Waals surface area contributed by atoms with E-state index in [1.165, 1.54) is 0 Å². The van der Waals surface area contributed by atoms with E-state index in [0.717, 1.165) is 5.56 Å². The Hall–Kier alpha value is -2.86. The summed E-state index contributed by atoms with van der Waals surface area (Å²) in [6.07, 6.45) is 0.619. The summed E-state index contributed by atoms with van der Waals surface area (Å²) in [4.78, 5) is 24.4. The maximum atomic E-state index is 12.3. The Morgan fingerprint density at radius 3 is 2.12 bits per heavy atom. The molecule has 0 radical (unpaired) electrons. The molecule has 26 heavy (non-hydrogen) atoms. The normalized spacial score (nSPS) is 11.8. The van der Waals surface area contributed by atoms with Gasteiger partial charge in [0.1, 0.15) is 0 Å². The zero-order chi connectivity index (χ0) is 19.0. The number of carbonyl (C=O) groups is 2. The highest BCUT2D eigenvalue weighted by molar-refractivity contribution is 5.99. The van der Waals surface area contributed by atoms with Crippen LogP contribution in [0.4, 0.5) is 0 Å². The molecule has 134 valence electrons. The number of ketones is 1. The molecule has 0 saturated carbocycles. The summed E-state index contributed by atoms with van der Waals surface area (Å²) in [7, 11) is 0. The van der Waals surface area contributed by atoms with E-state index < -0.39 is 17.5 Å². The molecule has 3 nitrogen and oxygen atoms in total. The minimum atomic E-state index is -0.630. The largest absolute Gasteiger partial charge is 0.446 e. The van der Waals surface area contributed by atoms with Gasteiger partial charge in [-0.05, 0) is 36.5 Å². The monoisotopic (exact) mass is 348 g/mol. The first kappa shape index (κ1) is 19.5. The molecule has 0 spiro atoms. The van der Waals surface area contributed by atoms with Crippen LogP contribution in [0.1, 0.15) is 43.1 Å². The SMILES string of the molecule is CC(C)(C)C(=O)C#CC(CCc1ccccc1)OC(=O)c1ccccc1. The highest BCUT2D eigenvalue weighted by atomic mass is 16.5. The van der Waals surface area contributed by atoms with E-state index in [1.54, 1.807) is 24.3 Å². The van der Waals surface area contributed by atoms with Crippen LogP contribution >= 0.6 is 0 Å². The summed E-state index contributed by atoms with van der Waals surface area (Å²) in [6.45, 7) is 5.46. The van der Waals surface area contributed by atoms with Gasteiger partial charge in [-0.3, -0.25) is 4.79 Å². The van der Waals surface area contributed by atoms with Gasteiger partial charge in [-0.25, -0.2) is 4.79 Å². The quantitative estimate of drug-likeness (QED) is 0.455. The molecule has 0 N–H and O–H groups in total. The number of Topliss-reactive ketones (excluding diaryl/α,β-unsaturated/α-hetero) is 1. The van der Waals surface area contributed by atoms with Crippen LogP contribution in [0.5, 0.6) is 0 Å². The fraction of sp³-hybridized carbons (Fsp3) is 0.304.